The predicted molar refractivity (Wildman–Crippen MR) is 54.2 cm³/mol. The Hall–Kier alpha value is -0.570. The number of carbonyl (C=O) groups is 1. The lowest BCUT2D eigenvalue weighted by Gasteiger charge is -2.38. The van der Waals surface area contributed by atoms with E-state index in [2.05, 4.69) is 20.8 Å². The summed E-state index contributed by atoms with van der Waals surface area (Å²) in [7, 11) is 0. The number of carboxylic acids is 1. The first kappa shape index (κ1) is 11.5. The standard InChI is InChI=1S/C11H20O3/c1-8-4-9(14-7-10(12)13)6-11(2,3)5-8/h8-9H,4-7H2,1-3H3,(H,12,13)/t8-,9-/m1/s1. The topological polar surface area (TPSA) is 46.5 Å². The molecule has 0 spiro atoms. The van der Waals surface area contributed by atoms with Gasteiger partial charge in [-0.25, -0.2) is 4.79 Å². The number of hydrogen-bond donors (Lipinski definition) is 1. The van der Waals surface area contributed by atoms with Gasteiger partial charge in [0, 0.05) is 0 Å². The summed E-state index contributed by atoms with van der Waals surface area (Å²) < 4.78 is 5.35. The van der Waals surface area contributed by atoms with Crippen LogP contribution in [0.1, 0.15) is 40.0 Å². The molecule has 0 radical (unpaired) electrons. The van der Waals surface area contributed by atoms with Crippen LogP contribution in [0.5, 0.6) is 0 Å². The zero-order chi connectivity index (χ0) is 10.8. The minimum atomic E-state index is -0.874. The molecule has 3 heteroatoms. The molecule has 1 aliphatic carbocycles. The molecule has 0 aliphatic heterocycles. The zero-order valence-corrected chi connectivity index (χ0v) is 9.25. The maximum atomic E-state index is 10.4. The normalized spacial score (nSPS) is 31.4. The van der Waals surface area contributed by atoms with Crippen LogP contribution >= 0.6 is 0 Å². The molecule has 14 heavy (non-hydrogen) atoms. The average molecular weight is 200 g/mol. The Labute approximate surface area is 85.5 Å². The molecule has 1 fully saturated rings. The summed E-state index contributed by atoms with van der Waals surface area (Å²) in [6.45, 7) is 6.49. The van der Waals surface area contributed by atoms with Crippen molar-refractivity contribution in [3.8, 4) is 0 Å². The molecule has 1 rings (SSSR count). The van der Waals surface area contributed by atoms with Crippen LogP contribution in [0.4, 0.5) is 0 Å². The molecule has 1 N–H and O–H groups in total. The third-order valence-corrected chi connectivity index (χ3v) is 2.79. The summed E-state index contributed by atoms with van der Waals surface area (Å²) in [4.78, 5) is 10.4. The molecular formula is C11H20O3. The lowest BCUT2D eigenvalue weighted by Crippen LogP contribution is -2.33. The van der Waals surface area contributed by atoms with E-state index < -0.39 is 5.97 Å². The predicted octanol–water partition coefficient (Wildman–Crippen LogP) is 2.30. The van der Waals surface area contributed by atoms with E-state index in [1.807, 2.05) is 0 Å². The lowest BCUT2D eigenvalue weighted by molar-refractivity contribution is -0.146. The number of hydrogen-bond acceptors (Lipinski definition) is 2. The van der Waals surface area contributed by atoms with Crippen LogP contribution in [0.3, 0.4) is 0 Å². The van der Waals surface area contributed by atoms with Gasteiger partial charge in [0.15, 0.2) is 0 Å². The Morgan fingerprint density at radius 3 is 2.64 bits per heavy atom. The molecule has 3 nitrogen and oxygen atoms in total. The summed E-state index contributed by atoms with van der Waals surface area (Å²) in [5.74, 6) is -0.237. The summed E-state index contributed by atoms with van der Waals surface area (Å²) in [6, 6.07) is 0. The average Bonchev–Trinajstić information content (AvgIpc) is 1.96. The monoisotopic (exact) mass is 200 g/mol. The molecule has 1 aliphatic rings. The molecule has 0 heterocycles. The highest BCUT2D eigenvalue weighted by molar-refractivity contribution is 5.68. The van der Waals surface area contributed by atoms with Crippen molar-refractivity contribution in [1.82, 2.24) is 0 Å². The van der Waals surface area contributed by atoms with Gasteiger partial charge in [0.1, 0.15) is 6.61 Å². The molecule has 0 unspecified atom stereocenters. The third kappa shape index (κ3) is 3.66. The van der Waals surface area contributed by atoms with Gasteiger partial charge in [-0.1, -0.05) is 20.8 Å². The molecule has 0 bridgehead atoms. The van der Waals surface area contributed by atoms with Crippen LogP contribution in [0.2, 0.25) is 0 Å². The molecule has 0 aromatic heterocycles. The van der Waals surface area contributed by atoms with Crippen LogP contribution in [0.15, 0.2) is 0 Å². The van der Waals surface area contributed by atoms with Crippen molar-refractivity contribution in [2.24, 2.45) is 11.3 Å². The Morgan fingerprint density at radius 1 is 1.50 bits per heavy atom. The van der Waals surface area contributed by atoms with Gasteiger partial charge in [0.05, 0.1) is 6.10 Å². The number of ether oxygens (including phenoxy) is 1. The maximum Gasteiger partial charge on any atom is 0.329 e. The summed E-state index contributed by atoms with van der Waals surface area (Å²) >= 11 is 0. The van der Waals surface area contributed by atoms with E-state index >= 15 is 0 Å². The Morgan fingerprint density at radius 2 is 2.14 bits per heavy atom. The van der Waals surface area contributed by atoms with Crippen LogP contribution in [-0.4, -0.2) is 23.8 Å². The van der Waals surface area contributed by atoms with E-state index in [1.54, 1.807) is 0 Å². The fourth-order valence-electron chi connectivity index (χ4n) is 2.57. The van der Waals surface area contributed by atoms with Crippen molar-refractivity contribution in [2.45, 2.75) is 46.1 Å². The van der Waals surface area contributed by atoms with E-state index in [9.17, 15) is 4.79 Å². The highest BCUT2D eigenvalue weighted by Gasteiger charge is 2.32. The fourth-order valence-corrected chi connectivity index (χ4v) is 2.57. The largest absolute Gasteiger partial charge is 0.480 e. The van der Waals surface area contributed by atoms with Crippen LogP contribution in [0, 0.1) is 11.3 Å². The molecule has 0 saturated heterocycles. The van der Waals surface area contributed by atoms with E-state index in [-0.39, 0.29) is 12.7 Å². The molecule has 2 atom stereocenters. The Balaban J connectivity index is 2.42. The van der Waals surface area contributed by atoms with Gasteiger partial charge in [-0.3, -0.25) is 0 Å². The van der Waals surface area contributed by atoms with Gasteiger partial charge in [-0.15, -0.1) is 0 Å². The summed E-state index contributed by atoms with van der Waals surface area (Å²) in [6.07, 6.45) is 3.31. The first-order chi connectivity index (χ1) is 6.39. The van der Waals surface area contributed by atoms with E-state index in [1.165, 1.54) is 6.42 Å². The molecule has 0 aromatic rings. The van der Waals surface area contributed by atoms with Crippen LogP contribution in [0.25, 0.3) is 0 Å². The van der Waals surface area contributed by atoms with E-state index in [0.29, 0.717) is 11.3 Å². The second-order valence-corrected chi connectivity index (χ2v) is 5.24. The smallest absolute Gasteiger partial charge is 0.329 e. The minimum Gasteiger partial charge on any atom is -0.480 e. The minimum absolute atomic E-state index is 0.129. The van der Waals surface area contributed by atoms with Gasteiger partial charge in [-0.2, -0.15) is 0 Å². The quantitative estimate of drug-likeness (QED) is 0.760. The van der Waals surface area contributed by atoms with Crippen molar-refractivity contribution >= 4 is 5.97 Å². The van der Waals surface area contributed by atoms with E-state index in [4.69, 9.17) is 9.84 Å². The van der Waals surface area contributed by atoms with Crippen molar-refractivity contribution in [3.05, 3.63) is 0 Å². The molecule has 1 saturated carbocycles. The van der Waals surface area contributed by atoms with Gasteiger partial charge in [-0.05, 0) is 30.6 Å². The first-order valence-electron chi connectivity index (χ1n) is 5.22. The van der Waals surface area contributed by atoms with Gasteiger partial charge in [0.25, 0.3) is 0 Å². The van der Waals surface area contributed by atoms with E-state index in [0.717, 1.165) is 12.8 Å². The van der Waals surface area contributed by atoms with Crippen molar-refractivity contribution in [2.75, 3.05) is 6.61 Å². The first-order valence-corrected chi connectivity index (χ1v) is 5.22. The van der Waals surface area contributed by atoms with Gasteiger partial charge in [0.2, 0.25) is 0 Å². The van der Waals surface area contributed by atoms with Crippen LogP contribution < -0.4 is 0 Å². The Bertz CT molecular complexity index is 211. The van der Waals surface area contributed by atoms with Crippen molar-refractivity contribution in [1.29, 1.82) is 0 Å². The molecular weight excluding hydrogens is 180 g/mol. The molecule has 82 valence electrons. The second-order valence-electron chi connectivity index (χ2n) is 5.24. The number of carboxylic acid groups (broad SMARTS) is 1. The van der Waals surface area contributed by atoms with Gasteiger partial charge < -0.3 is 9.84 Å². The van der Waals surface area contributed by atoms with Gasteiger partial charge >= 0.3 is 5.97 Å². The summed E-state index contributed by atoms with van der Waals surface area (Å²) in [5.41, 5.74) is 0.292. The lowest BCUT2D eigenvalue weighted by atomic mass is 9.71. The number of rotatable bonds is 3. The SMILES string of the molecule is C[C@@H]1C[C@@H](OCC(=O)O)CC(C)(C)C1. The van der Waals surface area contributed by atoms with Crippen LogP contribution in [-0.2, 0) is 9.53 Å². The Kier molecular flexibility index (Phi) is 3.53. The maximum absolute atomic E-state index is 10.4. The highest BCUT2D eigenvalue weighted by Crippen LogP contribution is 2.39. The highest BCUT2D eigenvalue weighted by atomic mass is 16.5. The fraction of sp³-hybridized carbons (Fsp3) is 0.909. The zero-order valence-electron chi connectivity index (χ0n) is 9.25. The van der Waals surface area contributed by atoms with Crippen molar-refractivity contribution in [3.63, 3.8) is 0 Å². The number of aliphatic carboxylic acids is 1. The molecule has 0 aromatic carbocycles. The second kappa shape index (κ2) is 4.30. The van der Waals surface area contributed by atoms with Crippen molar-refractivity contribution < 1.29 is 14.6 Å². The summed E-state index contributed by atoms with van der Waals surface area (Å²) in [5, 5.41) is 8.52. The molecule has 0 amide bonds. The third-order valence-electron chi connectivity index (χ3n) is 2.79.